The normalized spacial score (nSPS) is 22.5. The molecule has 1 saturated carbocycles. The van der Waals surface area contributed by atoms with Gasteiger partial charge in [0.25, 0.3) is 0 Å². The lowest BCUT2D eigenvalue weighted by molar-refractivity contribution is 0.0529. The van der Waals surface area contributed by atoms with E-state index < -0.39 is 11.7 Å². The number of carbonyl (C=O) groups excluding carboxylic acids is 1. The average Bonchev–Trinajstić information content (AvgIpc) is 2.82. The van der Waals surface area contributed by atoms with E-state index >= 15 is 0 Å². The third kappa shape index (κ3) is 4.12. The van der Waals surface area contributed by atoms with Gasteiger partial charge in [0.15, 0.2) is 0 Å². The smallest absolute Gasteiger partial charge is 0.428 e. The molecule has 0 unspecified atom stereocenters. The molecule has 1 aliphatic carbocycles. The van der Waals surface area contributed by atoms with Gasteiger partial charge in [-0.15, -0.1) is 0 Å². The van der Waals surface area contributed by atoms with E-state index in [1.807, 2.05) is 12.1 Å². The third-order valence-corrected chi connectivity index (χ3v) is 2.87. The molecule has 1 N–H and O–H groups in total. The Morgan fingerprint density at radius 2 is 2.21 bits per heavy atom. The summed E-state index contributed by atoms with van der Waals surface area (Å²) in [5.74, 6) is 2.87. The number of hydrogen-bond acceptors (Lipinski definition) is 4. The standard InChI is InChI=1S/C14H20N2O3/c1-9-7-11(9)12-6-5-10(18-12)8-15-16-13(17)19-14(2,3)4/h5-6,8-9,11H,7H2,1-4H3,(H,16,17)/b15-8-/t9-,11+/m0/s1. The van der Waals surface area contributed by atoms with E-state index in [1.165, 1.54) is 12.6 Å². The van der Waals surface area contributed by atoms with Crippen molar-refractivity contribution in [1.29, 1.82) is 0 Å². The van der Waals surface area contributed by atoms with Crippen molar-refractivity contribution < 1.29 is 13.9 Å². The van der Waals surface area contributed by atoms with Crippen LogP contribution in [0.25, 0.3) is 0 Å². The lowest BCUT2D eigenvalue weighted by Crippen LogP contribution is -2.29. The first kappa shape index (κ1) is 13.6. The summed E-state index contributed by atoms with van der Waals surface area (Å²) in [4.78, 5) is 11.3. The number of amides is 1. The Balaban J connectivity index is 1.82. The predicted molar refractivity (Wildman–Crippen MR) is 72.2 cm³/mol. The second-order valence-electron chi connectivity index (χ2n) is 5.93. The molecule has 1 aliphatic rings. The van der Waals surface area contributed by atoms with Crippen molar-refractivity contribution in [3.8, 4) is 0 Å². The Labute approximate surface area is 113 Å². The van der Waals surface area contributed by atoms with Crippen LogP contribution in [0, 0.1) is 5.92 Å². The Hall–Kier alpha value is -1.78. The van der Waals surface area contributed by atoms with E-state index in [1.54, 1.807) is 20.8 Å². The number of furan rings is 1. The van der Waals surface area contributed by atoms with Crippen molar-refractivity contribution in [3.63, 3.8) is 0 Å². The largest absolute Gasteiger partial charge is 0.460 e. The van der Waals surface area contributed by atoms with Gasteiger partial charge >= 0.3 is 6.09 Å². The second kappa shape index (κ2) is 5.07. The number of ether oxygens (including phenoxy) is 1. The van der Waals surface area contributed by atoms with Crippen LogP contribution >= 0.6 is 0 Å². The van der Waals surface area contributed by atoms with E-state index in [4.69, 9.17) is 9.15 Å². The fraction of sp³-hybridized carbons (Fsp3) is 0.571. The van der Waals surface area contributed by atoms with Crippen LogP contribution in [0.2, 0.25) is 0 Å². The number of rotatable bonds is 3. The summed E-state index contributed by atoms with van der Waals surface area (Å²) in [5, 5.41) is 3.79. The first-order valence-corrected chi connectivity index (χ1v) is 6.47. The lowest BCUT2D eigenvalue weighted by atomic mass is 10.2. The molecule has 0 aromatic carbocycles. The summed E-state index contributed by atoms with van der Waals surface area (Å²) >= 11 is 0. The van der Waals surface area contributed by atoms with Crippen LogP contribution < -0.4 is 5.43 Å². The van der Waals surface area contributed by atoms with E-state index in [2.05, 4.69) is 17.5 Å². The van der Waals surface area contributed by atoms with Crippen LogP contribution in [0.3, 0.4) is 0 Å². The summed E-state index contributed by atoms with van der Waals surface area (Å²) in [6, 6.07) is 3.81. The summed E-state index contributed by atoms with van der Waals surface area (Å²) < 4.78 is 10.7. The molecule has 104 valence electrons. The second-order valence-corrected chi connectivity index (χ2v) is 5.93. The van der Waals surface area contributed by atoms with Crippen molar-refractivity contribution >= 4 is 12.3 Å². The fourth-order valence-corrected chi connectivity index (χ4v) is 1.81. The van der Waals surface area contributed by atoms with Gasteiger partial charge in [-0.05, 0) is 45.2 Å². The summed E-state index contributed by atoms with van der Waals surface area (Å²) in [6.45, 7) is 7.59. The average molecular weight is 264 g/mol. The molecule has 0 bridgehead atoms. The van der Waals surface area contributed by atoms with Gasteiger partial charge in [-0.2, -0.15) is 5.10 Å². The molecule has 2 rings (SSSR count). The minimum atomic E-state index is -0.577. The fourth-order valence-electron chi connectivity index (χ4n) is 1.81. The zero-order valence-electron chi connectivity index (χ0n) is 11.8. The minimum absolute atomic E-state index is 0.528. The highest BCUT2D eigenvalue weighted by Crippen LogP contribution is 2.47. The summed E-state index contributed by atoms with van der Waals surface area (Å²) in [5.41, 5.74) is 1.77. The first-order valence-electron chi connectivity index (χ1n) is 6.47. The molecular formula is C14H20N2O3. The number of nitrogens with zero attached hydrogens (tertiary/aromatic N) is 1. The van der Waals surface area contributed by atoms with Gasteiger partial charge in [0.1, 0.15) is 17.1 Å². The SMILES string of the molecule is C[C@H]1C[C@H]1c1ccc(/C=N\NC(=O)OC(C)(C)C)o1. The highest BCUT2D eigenvalue weighted by molar-refractivity contribution is 5.77. The number of carbonyl (C=O) groups is 1. The number of nitrogens with one attached hydrogen (secondary N) is 1. The van der Waals surface area contributed by atoms with Crippen LogP contribution in [0.5, 0.6) is 0 Å². The molecule has 0 spiro atoms. The zero-order valence-corrected chi connectivity index (χ0v) is 11.8. The topological polar surface area (TPSA) is 63.8 Å². The Bertz CT molecular complexity index is 485. The first-order chi connectivity index (χ1) is 8.85. The molecule has 0 saturated heterocycles. The van der Waals surface area contributed by atoms with Crippen LogP contribution in [0.15, 0.2) is 21.7 Å². The molecule has 0 radical (unpaired) electrons. The molecule has 1 aromatic heterocycles. The van der Waals surface area contributed by atoms with E-state index in [0.717, 1.165) is 5.76 Å². The van der Waals surface area contributed by atoms with Gasteiger partial charge in [-0.1, -0.05) is 6.92 Å². The Morgan fingerprint density at radius 1 is 1.53 bits per heavy atom. The third-order valence-electron chi connectivity index (χ3n) is 2.87. The van der Waals surface area contributed by atoms with E-state index in [-0.39, 0.29) is 0 Å². The van der Waals surface area contributed by atoms with Gasteiger partial charge in [-0.3, -0.25) is 0 Å². The maximum absolute atomic E-state index is 11.3. The van der Waals surface area contributed by atoms with Gasteiger partial charge in [0, 0.05) is 5.92 Å². The molecule has 1 heterocycles. The summed E-state index contributed by atoms with van der Waals surface area (Å²) in [7, 11) is 0. The monoisotopic (exact) mass is 264 g/mol. The summed E-state index contributed by atoms with van der Waals surface area (Å²) in [6.07, 6.45) is 2.08. The van der Waals surface area contributed by atoms with Crippen LogP contribution in [0.4, 0.5) is 4.79 Å². The van der Waals surface area contributed by atoms with Gasteiger partial charge < -0.3 is 9.15 Å². The molecule has 5 heteroatoms. The molecular weight excluding hydrogens is 244 g/mol. The Morgan fingerprint density at radius 3 is 2.79 bits per heavy atom. The Kier molecular flexibility index (Phi) is 3.64. The van der Waals surface area contributed by atoms with E-state index in [9.17, 15) is 4.79 Å². The van der Waals surface area contributed by atoms with Crippen molar-refractivity contribution in [1.82, 2.24) is 5.43 Å². The molecule has 5 nitrogen and oxygen atoms in total. The lowest BCUT2D eigenvalue weighted by Gasteiger charge is -2.18. The van der Waals surface area contributed by atoms with Gasteiger partial charge in [-0.25, -0.2) is 10.2 Å². The minimum Gasteiger partial charge on any atom is -0.460 e. The van der Waals surface area contributed by atoms with Gasteiger partial charge in [0.2, 0.25) is 0 Å². The quantitative estimate of drug-likeness (QED) is 0.673. The van der Waals surface area contributed by atoms with Crippen LogP contribution in [-0.2, 0) is 4.74 Å². The molecule has 1 aromatic rings. The van der Waals surface area contributed by atoms with Crippen molar-refractivity contribution in [3.05, 3.63) is 23.7 Å². The van der Waals surface area contributed by atoms with Crippen molar-refractivity contribution in [2.24, 2.45) is 11.0 Å². The number of hydrazone groups is 1. The maximum atomic E-state index is 11.3. The number of hydrogen-bond donors (Lipinski definition) is 1. The predicted octanol–water partition coefficient (Wildman–Crippen LogP) is 3.26. The molecule has 19 heavy (non-hydrogen) atoms. The van der Waals surface area contributed by atoms with Crippen LogP contribution in [0.1, 0.15) is 51.6 Å². The van der Waals surface area contributed by atoms with Gasteiger partial charge in [0.05, 0.1) is 6.21 Å². The van der Waals surface area contributed by atoms with Crippen molar-refractivity contribution in [2.45, 2.75) is 45.6 Å². The van der Waals surface area contributed by atoms with E-state index in [0.29, 0.717) is 17.6 Å². The van der Waals surface area contributed by atoms with Crippen LogP contribution in [-0.4, -0.2) is 17.9 Å². The van der Waals surface area contributed by atoms with Crippen molar-refractivity contribution in [2.75, 3.05) is 0 Å². The highest BCUT2D eigenvalue weighted by Gasteiger charge is 2.36. The highest BCUT2D eigenvalue weighted by atomic mass is 16.6. The maximum Gasteiger partial charge on any atom is 0.428 e. The molecule has 0 aliphatic heterocycles. The molecule has 1 amide bonds. The zero-order chi connectivity index (χ0) is 14.0. The molecule has 2 atom stereocenters. The molecule has 1 fully saturated rings.